The molecule has 0 radical (unpaired) electrons. The lowest BCUT2D eigenvalue weighted by Crippen LogP contribution is -2.49. The summed E-state index contributed by atoms with van der Waals surface area (Å²) in [5.41, 5.74) is 0.647. The molecule has 1 aromatic carbocycles. The molecule has 1 unspecified atom stereocenters. The smallest absolute Gasteiger partial charge is 0.315 e. The Bertz CT molecular complexity index is 512. The Balaban J connectivity index is 3.52. The summed E-state index contributed by atoms with van der Waals surface area (Å²) in [7, 11) is -1.43. The largest absolute Gasteiger partial charge is 0.468 e. The molecule has 0 aliphatic carbocycles. The lowest BCUT2D eigenvalue weighted by Gasteiger charge is -2.36. The van der Waals surface area contributed by atoms with Gasteiger partial charge in [-0.05, 0) is 18.5 Å². The molecule has 0 heterocycles. The van der Waals surface area contributed by atoms with Crippen LogP contribution in [-0.4, -0.2) is 29.2 Å². The first kappa shape index (κ1) is 18.2. The Labute approximate surface area is 131 Å². The number of hydrogen-bond donors (Lipinski definition) is 0. The van der Waals surface area contributed by atoms with Gasteiger partial charge in [0.15, 0.2) is 0 Å². The number of rotatable bonds is 5. The van der Waals surface area contributed by atoms with Crippen molar-refractivity contribution in [1.82, 2.24) is 0 Å². The summed E-state index contributed by atoms with van der Waals surface area (Å²) in [5, 5.41) is 1.37. The topological polar surface area (TPSA) is 26.3 Å². The Morgan fingerprint density at radius 1 is 1.10 bits per heavy atom. The zero-order chi connectivity index (χ0) is 16.5. The van der Waals surface area contributed by atoms with E-state index in [1.165, 1.54) is 17.9 Å². The number of carbonyl (C=O) groups excluding carboxylic acids is 1. The van der Waals surface area contributed by atoms with E-state index >= 15 is 0 Å². The van der Waals surface area contributed by atoms with E-state index < -0.39 is 21.6 Å². The molecule has 118 valence electrons. The van der Waals surface area contributed by atoms with Gasteiger partial charge >= 0.3 is 5.97 Å². The standard InChI is InChI=1S/C17H30O2Si2/c1-17(16(18)19-2,13-20(3,4)5)14-11-9-10-12-15(14)21(6,7)8/h9-12H,13H2,1-8H3. The number of hydrogen-bond acceptors (Lipinski definition) is 2. The zero-order valence-corrected chi connectivity index (χ0v) is 16.8. The number of benzene rings is 1. The maximum atomic E-state index is 12.6. The van der Waals surface area contributed by atoms with Crippen molar-refractivity contribution in [1.29, 1.82) is 0 Å². The fraction of sp³-hybridized carbons (Fsp3) is 0.588. The summed E-state index contributed by atoms with van der Waals surface area (Å²) in [6, 6.07) is 9.37. The molecule has 0 bridgehead atoms. The van der Waals surface area contributed by atoms with Crippen molar-refractivity contribution in [2.24, 2.45) is 0 Å². The van der Waals surface area contributed by atoms with E-state index in [1.807, 2.05) is 6.07 Å². The highest BCUT2D eigenvalue weighted by Crippen LogP contribution is 2.34. The van der Waals surface area contributed by atoms with Gasteiger partial charge in [0.1, 0.15) is 0 Å². The third kappa shape index (κ3) is 4.30. The van der Waals surface area contributed by atoms with Crippen LogP contribution in [0.15, 0.2) is 24.3 Å². The van der Waals surface area contributed by atoms with E-state index in [0.29, 0.717) is 0 Å². The predicted octanol–water partition coefficient (Wildman–Crippen LogP) is 4.00. The van der Waals surface area contributed by atoms with Crippen LogP contribution in [0.3, 0.4) is 0 Å². The molecule has 1 aromatic rings. The summed E-state index contributed by atoms with van der Waals surface area (Å²) < 4.78 is 5.18. The maximum absolute atomic E-state index is 12.6. The van der Waals surface area contributed by atoms with Crippen molar-refractivity contribution in [3.63, 3.8) is 0 Å². The van der Waals surface area contributed by atoms with Gasteiger partial charge in [0.2, 0.25) is 0 Å². The van der Waals surface area contributed by atoms with Gasteiger partial charge in [0, 0.05) is 8.07 Å². The van der Waals surface area contributed by atoms with Gasteiger partial charge in [-0.25, -0.2) is 0 Å². The quantitative estimate of drug-likeness (QED) is 0.605. The highest BCUT2D eigenvalue weighted by atomic mass is 28.3. The molecule has 4 heteroatoms. The number of methoxy groups -OCH3 is 1. The van der Waals surface area contributed by atoms with Gasteiger partial charge in [-0.15, -0.1) is 0 Å². The first-order chi connectivity index (χ1) is 9.42. The molecule has 0 spiro atoms. The number of esters is 1. The summed E-state index contributed by atoms with van der Waals surface area (Å²) in [4.78, 5) is 12.6. The molecule has 21 heavy (non-hydrogen) atoms. The van der Waals surface area contributed by atoms with Crippen molar-refractivity contribution < 1.29 is 9.53 Å². The Morgan fingerprint density at radius 2 is 1.62 bits per heavy atom. The van der Waals surface area contributed by atoms with Crippen LogP contribution >= 0.6 is 0 Å². The van der Waals surface area contributed by atoms with Gasteiger partial charge in [-0.3, -0.25) is 4.79 Å². The number of carbonyl (C=O) groups is 1. The molecule has 0 aromatic heterocycles. The van der Waals surface area contributed by atoms with Crippen molar-refractivity contribution in [2.45, 2.75) is 57.7 Å². The molecule has 0 amide bonds. The highest BCUT2D eigenvalue weighted by Gasteiger charge is 2.42. The summed E-state index contributed by atoms with van der Waals surface area (Å²) >= 11 is 0. The van der Waals surface area contributed by atoms with E-state index in [2.05, 4.69) is 64.4 Å². The molecule has 0 N–H and O–H groups in total. The predicted molar refractivity (Wildman–Crippen MR) is 96.9 cm³/mol. The van der Waals surface area contributed by atoms with Crippen LogP contribution in [0.4, 0.5) is 0 Å². The van der Waals surface area contributed by atoms with Crippen molar-refractivity contribution >= 4 is 27.3 Å². The Hall–Kier alpha value is -0.876. The minimum Gasteiger partial charge on any atom is -0.468 e. The van der Waals surface area contributed by atoms with Gasteiger partial charge in [0.25, 0.3) is 0 Å². The zero-order valence-electron chi connectivity index (χ0n) is 14.8. The average molecular weight is 323 g/mol. The van der Waals surface area contributed by atoms with Crippen molar-refractivity contribution in [3.8, 4) is 0 Å². The minimum absolute atomic E-state index is 0.101. The molecular formula is C17H30O2Si2. The second-order valence-electron chi connectivity index (χ2n) is 8.36. The fourth-order valence-electron chi connectivity index (χ4n) is 3.18. The van der Waals surface area contributed by atoms with Gasteiger partial charge < -0.3 is 4.74 Å². The average Bonchev–Trinajstić information content (AvgIpc) is 2.34. The highest BCUT2D eigenvalue weighted by molar-refractivity contribution is 6.89. The normalized spacial score (nSPS) is 15.4. The second-order valence-corrected chi connectivity index (χ2v) is 18.9. The molecular weight excluding hydrogens is 292 g/mol. The minimum atomic E-state index is -1.51. The Morgan fingerprint density at radius 3 is 2.05 bits per heavy atom. The van der Waals surface area contributed by atoms with E-state index in [9.17, 15) is 4.79 Å². The van der Waals surface area contributed by atoms with Crippen molar-refractivity contribution in [3.05, 3.63) is 29.8 Å². The van der Waals surface area contributed by atoms with Crippen LogP contribution in [0, 0.1) is 0 Å². The third-order valence-electron chi connectivity index (χ3n) is 3.85. The third-order valence-corrected chi connectivity index (χ3v) is 7.67. The van der Waals surface area contributed by atoms with Crippen LogP contribution in [0.25, 0.3) is 0 Å². The summed E-state index contributed by atoms with van der Waals surface area (Å²) in [6.45, 7) is 16.0. The van der Waals surface area contributed by atoms with Crippen LogP contribution in [0.5, 0.6) is 0 Å². The second kappa shape index (κ2) is 6.09. The molecule has 0 aliphatic rings. The lowest BCUT2D eigenvalue weighted by atomic mass is 9.84. The summed E-state index contributed by atoms with van der Waals surface area (Å²) in [6.07, 6.45) is 0. The van der Waals surface area contributed by atoms with Gasteiger partial charge in [0.05, 0.1) is 20.6 Å². The molecule has 1 rings (SSSR count). The molecule has 2 nitrogen and oxygen atoms in total. The van der Waals surface area contributed by atoms with E-state index in [0.717, 1.165) is 6.04 Å². The first-order valence-electron chi connectivity index (χ1n) is 7.60. The van der Waals surface area contributed by atoms with Gasteiger partial charge in [-0.1, -0.05) is 68.7 Å². The fourth-order valence-corrected chi connectivity index (χ4v) is 7.40. The molecule has 0 saturated heterocycles. The van der Waals surface area contributed by atoms with E-state index in [4.69, 9.17) is 4.74 Å². The first-order valence-corrected chi connectivity index (χ1v) is 14.8. The van der Waals surface area contributed by atoms with Gasteiger partial charge in [-0.2, -0.15) is 0 Å². The van der Waals surface area contributed by atoms with Crippen LogP contribution in [-0.2, 0) is 14.9 Å². The summed E-state index contributed by atoms with van der Waals surface area (Å²) in [5.74, 6) is -0.101. The van der Waals surface area contributed by atoms with Crippen LogP contribution in [0.1, 0.15) is 12.5 Å². The number of ether oxygens (including phenoxy) is 1. The van der Waals surface area contributed by atoms with Crippen LogP contribution in [0.2, 0.25) is 45.3 Å². The van der Waals surface area contributed by atoms with E-state index in [-0.39, 0.29) is 5.97 Å². The molecule has 1 atom stereocenters. The van der Waals surface area contributed by atoms with E-state index in [1.54, 1.807) is 0 Å². The molecule has 0 aliphatic heterocycles. The Kier molecular flexibility index (Phi) is 5.27. The van der Waals surface area contributed by atoms with Crippen molar-refractivity contribution in [2.75, 3.05) is 7.11 Å². The molecule has 0 saturated carbocycles. The SMILES string of the molecule is COC(=O)C(C)(C[Si](C)(C)C)c1ccccc1[Si](C)(C)C. The lowest BCUT2D eigenvalue weighted by molar-refractivity contribution is -0.146. The maximum Gasteiger partial charge on any atom is 0.315 e. The van der Waals surface area contributed by atoms with Crippen LogP contribution < -0.4 is 5.19 Å². The molecule has 0 fully saturated rings. The monoisotopic (exact) mass is 322 g/mol.